The molecule has 0 heterocycles. The molecule has 2 aromatic carbocycles. The first-order chi connectivity index (χ1) is 10.6. The fourth-order valence-corrected chi connectivity index (χ4v) is 1.80. The fourth-order valence-electron chi connectivity index (χ4n) is 1.80. The van der Waals surface area contributed by atoms with Crippen molar-refractivity contribution in [3.8, 4) is 5.75 Å². The SMILES string of the molecule is CCCOC(=O)c1ccccc1C(=O)Oc1cccc(F)c1. The van der Waals surface area contributed by atoms with Crippen LogP contribution in [0.25, 0.3) is 0 Å². The molecular weight excluding hydrogens is 287 g/mol. The van der Waals surface area contributed by atoms with Gasteiger partial charge in [0.15, 0.2) is 0 Å². The van der Waals surface area contributed by atoms with Crippen LogP contribution in [0.1, 0.15) is 34.1 Å². The third-order valence-electron chi connectivity index (χ3n) is 2.81. The summed E-state index contributed by atoms with van der Waals surface area (Å²) in [6, 6.07) is 11.4. The Kier molecular flexibility index (Phi) is 5.25. The second-order valence-corrected chi connectivity index (χ2v) is 4.53. The molecule has 22 heavy (non-hydrogen) atoms. The average Bonchev–Trinajstić information content (AvgIpc) is 2.52. The van der Waals surface area contributed by atoms with Crippen LogP contribution in [-0.4, -0.2) is 18.5 Å². The number of carbonyl (C=O) groups is 2. The van der Waals surface area contributed by atoms with E-state index < -0.39 is 17.8 Å². The van der Waals surface area contributed by atoms with Crippen molar-refractivity contribution in [1.29, 1.82) is 0 Å². The van der Waals surface area contributed by atoms with Gasteiger partial charge < -0.3 is 9.47 Å². The highest BCUT2D eigenvalue weighted by Gasteiger charge is 2.19. The van der Waals surface area contributed by atoms with E-state index >= 15 is 0 Å². The van der Waals surface area contributed by atoms with Crippen molar-refractivity contribution >= 4 is 11.9 Å². The molecule has 0 aliphatic heterocycles. The highest BCUT2D eigenvalue weighted by Crippen LogP contribution is 2.17. The van der Waals surface area contributed by atoms with E-state index in [-0.39, 0.29) is 23.5 Å². The zero-order chi connectivity index (χ0) is 15.9. The smallest absolute Gasteiger partial charge is 0.344 e. The molecule has 2 aromatic rings. The van der Waals surface area contributed by atoms with Crippen molar-refractivity contribution < 1.29 is 23.5 Å². The number of ether oxygens (including phenoxy) is 2. The quantitative estimate of drug-likeness (QED) is 0.625. The van der Waals surface area contributed by atoms with E-state index in [1.165, 1.54) is 30.3 Å². The number of hydrogen-bond donors (Lipinski definition) is 0. The Labute approximate surface area is 127 Å². The molecule has 0 amide bonds. The molecule has 5 heteroatoms. The summed E-state index contributed by atoms with van der Waals surface area (Å²) in [7, 11) is 0. The number of esters is 2. The highest BCUT2D eigenvalue weighted by atomic mass is 19.1. The first kappa shape index (κ1) is 15.7. The summed E-state index contributed by atoms with van der Waals surface area (Å²) in [4.78, 5) is 24.1. The maximum absolute atomic E-state index is 13.1. The molecule has 0 fully saturated rings. The lowest BCUT2D eigenvalue weighted by molar-refractivity contribution is 0.0496. The maximum Gasteiger partial charge on any atom is 0.344 e. The Balaban J connectivity index is 2.21. The Bertz CT molecular complexity index is 682. The Hall–Kier alpha value is -2.69. The largest absolute Gasteiger partial charge is 0.462 e. The van der Waals surface area contributed by atoms with Gasteiger partial charge in [-0.15, -0.1) is 0 Å². The van der Waals surface area contributed by atoms with E-state index in [2.05, 4.69) is 0 Å². The summed E-state index contributed by atoms with van der Waals surface area (Å²) < 4.78 is 23.2. The van der Waals surface area contributed by atoms with E-state index in [1.54, 1.807) is 12.1 Å². The standard InChI is InChI=1S/C17H15FO4/c1-2-10-21-16(19)14-8-3-4-9-15(14)17(20)22-13-7-5-6-12(18)11-13/h3-9,11H,2,10H2,1H3. The van der Waals surface area contributed by atoms with Crippen molar-refractivity contribution in [2.45, 2.75) is 13.3 Å². The molecule has 0 radical (unpaired) electrons. The number of halogens is 1. The van der Waals surface area contributed by atoms with Crippen molar-refractivity contribution in [1.82, 2.24) is 0 Å². The predicted molar refractivity (Wildman–Crippen MR) is 78.4 cm³/mol. The van der Waals surface area contributed by atoms with Gasteiger partial charge in [0, 0.05) is 6.07 Å². The van der Waals surface area contributed by atoms with E-state index in [4.69, 9.17) is 9.47 Å². The van der Waals surface area contributed by atoms with Gasteiger partial charge in [-0.3, -0.25) is 0 Å². The molecule has 0 aliphatic rings. The number of benzene rings is 2. The number of rotatable bonds is 5. The van der Waals surface area contributed by atoms with Crippen LogP contribution >= 0.6 is 0 Å². The van der Waals surface area contributed by atoms with Crippen LogP contribution in [0.15, 0.2) is 48.5 Å². The minimum Gasteiger partial charge on any atom is -0.462 e. The van der Waals surface area contributed by atoms with Gasteiger partial charge in [-0.05, 0) is 30.7 Å². The first-order valence-corrected chi connectivity index (χ1v) is 6.85. The molecule has 0 aromatic heterocycles. The molecular formula is C17H15FO4. The molecule has 0 aliphatic carbocycles. The molecule has 0 spiro atoms. The highest BCUT2D eigenvalue weighted by molar-refractivity contribution is 6.03. The van der Waals surface area contributed by atoms with Gasteiger partial charge in [0.05, 0.1) is 17.7 Å². The summed E-state index contributed by atoms with van der Waals surface area (Å²) in [6.07, 6.45) is 0.682. The van der Waals surface area contributed by atoms with Crippen LogP contribution in [0.2, 0.25) is 0 Å². The van der Waals surface area contributed by atoms with E-state index in [9.17, 15) is 14.0 Å². The average molecular weight is 302 g/mol. The van der Waals surface area contributed by atoms with Gasteiger partial charge in [-0.25, -0.2) is 14.0 Å². The lowest BCUT2D eigenvalue weighted by atomic mass is 10.1. The lowest BCUT2D eigenvalue weighted by Crippen LogP contribution is -2.16. The Morgan fingerprint density at radius 1 is 1.00 bits per heavy atom. The normalized spacial score (nSPS) is 10.1. The minimum atomic E-state index is -0.741. The summed E-state index contributed by atoms with van der Waals surface area (Å²) in [5.74, 6) is -1.77. The third kappa shape index (κ3) is 3.91. The topological polar surface area (TPSA) is 52.6 Å². The third-order valence-corrected chi connectivity index (χ3v) is 2.81. The predicted octanol–water partition coefficient (Wildman–Crippen LogP) is 3.61. The van der Waals surface area contributed by atoms with Crippen LogP contribution in [0.4, 0.5) is 4.39 Å². The molecule has 0 unspecified atom stereocenters. The maximum atomic E-state index is 13.1. The Morgan fingerprint density at radius 2 is 1.68 bits per heavy atom. The Morgan fingerprint density at radius 3 is 2.32 bits per heavy atom. The van der Waals surface area contributed by atoms with Gasteiger partial charge in [0.1, 0.15) is 11.6 Å². The van der Waals surface area contributed by atoms with Gasteiger partial charge in [-0.1, -0.05) is 25.1 Å². The van der Waals surface area contributed by atoms with Crippen LogP contribution in [0, 0.1) is 5.82 Å². The van der Waals surface area contributed by atoms with Gasteiger partial charge in [0.25, 0.3) is 0 Å². The van der Waals surface area contributed by atoms with Gasteiger partial charge in [0.2, 0.25) is 0 Å². The molecule has 0 atom stereocenters. The molecule has 0 saturated heterocycles. The molecule has 0 bridgehead atoms. The minimum absolute atomic E-state index is 0.0710. The van der Waals surface area contributed by atoms with Crippen LogP contribution in [-0.2, 0) is 4.74 Å². The molecule has 2 rings (SSSR count). The van der Waals surface area contributed by atoms with Crippen LogP contribution in [0.3, 0.4) is 0 Å². The summed E-state index contributed by atoms with van der Waals surface area (Å²) in [5.41, 5.74) is 0.199. The number of hydrogen-bond acceptors (Lipinski definition) is 4. The first-order valence-electron chi connectivity index (χ1n) is 6.85. The van der Waals surface area contributed by atoms with E-state index in [0.717, 1.165) is 6.07 Å². The van der Waals surface area contributed by atoms with E-state index in [0.29, 0.717) is 6.42 Å². The van der Waals surface area contributed by atoms with Gasteiger partial charge in [-0.2, -0.15) is 0 Å². The molecule has 4 nitrogen and oxygen atoms in total. The zero-order valence-corrected chi connectivity index (χ0v) is 12.0. The van der Waals surface area contributed by atoms with Crippen molar-refractivity contribution in [3.05, 3.63) is 65.5 Å². The second kappa shape index (κ2) is 7.36. The molecule has 0 N–H and O–H groups in total. The summed E-state index contributed by atoms with van der Waals surface area (Å²) in [6.45, 7) is 2.14. The summed E-state index contributed by atoms with van der Waals surface area (Å²) >= 11 is 0. The molecule has 0 saturated carbocycles. The van der Waals surface area contributed by atoms with Crippen molar-refractivity contribution in [2.24, 2.45) is 0 Å². The lowest BCUT2D eigenvalue weighted by Gasteiger charge is -2.09. The number of carbonyl (C=O) groups excluding carboxylic acids is 2. The summed E-state index contributed by atoms with van der Waals surface area (Å²) in [5, 5.41) is 0. The second-order valence-electron chi connectivity index (χ2n) is 4.53. The molecule has 114 valence electrons. The van der Waals surface area contributed by atoms with Crippen molar-refractivity contribution in [3.63, 3.8) is 0 Å². The zero-order valence-electron chi connectivity index (χ0n) is 12.0. The van der Waals surface area contributed by atoms with Gasteiger partial charge >= 0.3 is 11.9 Å². The fraction of sp³-hybridized carbons (Fsp3) is 0.176. The monoisotopic (exact) mass is 302 g/mol. The van der Waals surface area contributed by atoms with Crippen LogP contribution < -0.4 is 4.74 Å². The van der Waals surface area contributed by atoms with Crippen LogP contribution in [0.5, 0.6) is 5.75 Å². The van der Waals surface area contributed by atoms with E-state index in [1.807, 2.05) is 6.92 Å². The van der Waals surface area contributed by atoms with Crippen molar-refractivity contribution in [2.75, 3.05) is 6.61 Å².